The van der Waals surface area contributed by atoms with Crippen LogP contribution in [0.5, 0.6) is 11.5 Å². The second-order valence-corrected chi connectivity index (χ2v) is 7.85. The average Bonchev–Trinajstić information content (AvgIpc) is 3.20. The summed E-state index contributed by atoms with van der Waals surface area (Å²) in [4.78, 5) is 30.4. The average molecular weight is 422 g/mol. The number of aryl methyl sites for hydroxylation is 2. The van der Waals surface area contributed by atoms with Gasteiger partial charge in [0.1, 0.15) is 0 Å². The number of ether oxygens (including phenoxy) is 3. The number of rotatable bonds is 7. The van der Waals surface area contributed by atoms with Gasteiger partial charge in [-0.2, -0.15) is 0 Å². The Morgan fingerprint density at radius 2 is 1.90 bits per heavy atom. The summed E-state index contributed by atoms with van der Waals surface area (Å²) in [5, 5.41) is 0.958. The zero-order valence-electron chi connectivity index (χ0n) is 18.0. The molecule has 0 spiro atoms. The lowest BCUT2D eigenvalue weighted by Gasteiger charge is -2.23. The first-order valence-corrected chi connectivity index (χ1v) is 10.2. The van der Waals surface area contributed by atoms with Crippen molar-refractivity contribution in [1.29, 1.82) is 0 Å². The van der Waals surface area contributed by atoms with Crippen LogP contribution in [0.2, 0.25) is 0 Å². The number of benzene rings is 2. The van der Waals surface area contributed by atoms with E-state index in [1.54, 1.807) is 12.0 Å². The highest BCUT2D eigenvalue weighted by molar-refractivity contribution is 5.83. The van der Waals surface area contributed by atoms with Crippen molar-refractivity contribution in [2.45, 2.75) is 33.4 Å². The van der Waals surface area contributed by atoms with Crippen molar-refractivity contribution in [2.75, 3.05) is 20.5 Å². The predicted octanol–water partition coefficient (Wildman–Crippen LogP) is 3.44. The van der Waals surface area contributed by atoms with Gasteiger partial charge in [0, 0.05) is 19.2 Å². The molecule has 7 nitrogen and oxygen atoms in total. The lowest BCUT2D eigenvalue weighted by Crippen LogP contribution is -2.33. The van der Waals surface area contributed by atoms with Gasteiger partial charge in [0.2, 0.25) is 12.7 Å². The van der Waals surface area contributed by atoms with Crippen molar-refractivity contribution in [1.82, 2.24) is 9.88 Å². The molecule has 7 heteroatoms. The van der Waals surface area contributed by atoms with E-state index >= 15 is 0 Å². The Kier molecular flexibility index (Phi) is 5.95. The zero-order chi connectivity index (χ0) is 22.0. The maximum absolute atomic E-state index is 12.9. The van der Waals surface area contributed by atoms with E-state index < -0.39 is 0 Å². The molecule has 0 saturated carbocycles. The highest BCUT2D eigenvalue weighted by Gasteiger charge is 2.19. The molecule has 3 aromatic rings. The number of nitrogens with one attached hydrogen (secondary N) is 1. The van der Waals surface area contributed by atoms with Gasteiger partial charge >= 0.3 is 0 Å². The number of fused-ring (bicyclic) bond motifs is 2. The Hall–Kier alpha value is -3.32. The van der Waals surface area contributed by atoms with Crippen LogP contribution in [0.15, 0.2) is 41.2 Å². The van der Waals surface area contributed by atoms with Crippen LogP contribution in [0.25, 0.3) is 10.9 Å². The summed E-state index contributed by atoms with van der Waals surface area (Å²) in [6.45, 7) is 5.07. The first-order valence-electron chi connectivity index (χ1n) is 10.2. The number of aromatic nitrogens is 1. The normalized spacial score (nSPS) is 12.4. The fraction of sp³-hybridized carbons (Fsp3) is 0.333. The van der Waals surface area contributed by atoms with Crippen LogP contribution < -0.4 is 15.0 Å². The van der Waals surface area contributed by atoms with E-state index in [0.717, 1.165) is 27.6 Å². The molecular weight excluding hydrogens is 396 g/mol. The van der Waals surface area contributed by atoms with Gasteiger partial charge in [0.15, 0.2) is 11.5 Å². The summed E-state index contributed by atoms with van der Waals surface area (Å²) >= 11 is 0. The number of pyridine rings is 1. The van der Waals surface area contributed by atoms with Crippen LogP contribution in [0.3, 0.4) is 0 Å². The third kappa shape index (κ3) is 4.56. The maximum Gasteiger partial charge on any atom is 0.253 e. The SMILES string of the molecule is COCCC(=O)N(Cc1ccc2c(c1)OCO2)Cc1cc2cc(C)cc(C)c2[nH]c1=O. The van der Waals surface area contributed by atoms with E-state index in [1.807, 2.05) is 50.2 Å². The van der Waals surface area contributed by atoms with Gasteiger partial charge in [0.05, 0.1) is 25.1 Å². The van der Waals surface area contributed by atoms with Crippen molar-refractivity contribution < 1.29 is 19.0 Å². The number of hydrogen-bond donors (Lipinski definition) is 1. The third-order valence-electron chi connectivity index (χ3n) is 5.41. The van der Waals surface area contributed by atoms with E-state index in [-0.39, 0.29) is 31.2 Å². The standard InChI is InChI=1S/C24H26N2O5/c1-15-8-16(2)23-18(9-15)11-19(24(28)25-23)13-26(22(27)6-7-29-3)12-17-4-5-20-21(10-17)31-14-30-20/h4-5,8-11H,6-7,12-14H2,1-3H3,(H,25,28). The van der Waals surface area contributed by atoms with E-state index in [0.29, 0.717) is 30.2 Å². The lowest BCUT2D eigenvalue weighted by atomic mass is 10.0. The molecule has 31 heavy (non-hydrogen) atoms. The van der Waals surface area contributed by atoms with Crippen LogP contribution in [-0.4, -0.2) is 36.3 Å². The number of hydrogen-bond acceptors (Lipinski definition) is 5. The largest absolute Gasteiger partial charge is 0.454 e. The van der Waals surface area contributed by atoms with Crippen LogP contribution in [0, 0.1) is 13.8 Å². The molecule has 162 valence electrons. The molecule has 0 aliphatic carbocycles. The molecule has 0 unspecified atom stereocenters. The van der Waals surface area contributed by atoms with Crippen LogP contribution in [0.4, 0.5) is 0 Å². The minimum Gasteiger partial charge on any atom is -0.454 e. The second kappa shape index (κ2) is 8.81. The van der Waals surface area contributed by atoms with E-state index in [1.165, 1.54) is 0 Å². The van der Waals surface area contributed by atoms with Crippen molar-refractivity contribution in [3.8, 4) is 11.5 Å². The Labute approximate surface area is 180 Å². The molecule has 1 amide bonds. The predicted molar refractivity (Wildman–Crippen MR) is 117 cm³/mol. The number of carbonyl (C=O) groups excluding carboxylic acids is 1. The molecule has 1 aliphatic heterocycles. The topological polar surface area (TPSA) is 80.9 Å². The summed E-state index contributed by atoms with van der Waals surface area (Å²) in [6, 6.07) is 11.6. The molecule has 4 rings (SSSR count). The fourth-order valence-corrected chi connectivity index (χ4v) is 3.89. The number of H-pyrrole nitrogens is 1. The van der Waals surface area contributed by atoms with Crippen molar-refractivity contribution in [2.24, 2.45) is 0 Å². The van der Waals surface area contributed by atoms with E-state index in [4.69, 9.17) is 14.2 Å². The Morgan fingerprint density at radius 1 is 1.10 bits per heavy atom. The monoisotopic (exact) mass is 422 g/mol. The smallest absolute Gasteiger partial charge is 0.253 e. The number of nitrogens with zero attached hydrogens (tertiary/aromatic N) is 1. The van der Waals surface area contributed by atoms with Crippen LogP contribution >= 0.6 is 0 Å². The molecule has 2 aromatic carbocycles. The molecule has 0 fully saturated rings. The Balaban J connectivity index is 1.65. The maximum atomic E-state index is 12.9. The number of amides is 1. The van der Waals surface area contributed by atoms with E-state index in [2.05, 4.69) is 4.98 Å². The molecule has 1 N–H and O–H groups in total. The number of methoxy groups -OCH3 is 1. The first kappa shape index (κ1) is 20.9. The quantitative estimate of drug-likeness (QED) is 0.631. The molecule has 0 radical (unpaired) electrons. The molecule has 1 aromatic heterocycles. The van der Waals surface area contributed by atoms with Gasteiger partial charge in [-0.05, 0) is 54.6 Å². The molecular formula is C24H26N2O5. The van der Waals surface area contributed by atoms with Gasteiger partial charge in [-0.25, -0.2) is 0 Å². The summed E-state index contributed by atoms with van der Waals surface area (Å²) in [5.74, 6) is 1.27. The van der Waals surface area contributed by atoms with Gasteiger partial charge in [-0.1, -0.05) is 17.7 Å². The van der Waals surface area contributed by atoms with Crippen molar-refractivity contribution in [3.63, 3.8) is 0 Å². The van der Waals surface area contributed by atoms with Crippen LogP contribution in [0.1, 0.15) is 28.7 Å². The van der Waals surface area contributed by atoms with Gasteiger partial charge in [-0.15, -0.1) is 0 Å². The molecule has 0 atom stereocenters. The molecule has 1 aliphatic rings. The van der Waals surface area contributed by atoms with Gasteiger partial charge in [0.25, 0.3) is 5.56 Å². The lowest BCUT2D eigenvalue weighted by molar-refractivity contribution is -0.133. The van der Waals surface area contributed by atoms with Gasteiger partial charge < -0.3 is 24.1 Å². The van der Waals surface area contributed by atoms with Gasteiger partial charge in [-0.3, -0.25) is 9.59 Å². The fourth-order valence-electron chi connectivity index (χ4n) is 3.89. The summed E-state index contributed by atoms with van der Waals surface area (Å²) < 4.78 is 15.9. The zero-order valence-corrected chi connectivity index (χ0v) is 18.0. The van der Waals surface area contributed by atoms with Crippen LogP contribution in [-0.2, 0) is 22.6 Å². The number of aromatic amines is 1. The highest BCUT2D eigenvalue weighted by atomic mass is 16.7. The molecule has 0 saturated heterocycles. The number of carbonyl (C=O) groups is 1. The minimum atomic E-state index is -0.185. The summed E-state index contributed by atoms with van der Waals surface area (Å²) in [5.41, 5.74) is 4.23. The summed E-state index contributed by atoms with van der Waals surface area (Å²) in [6.07, 6.45) is 0.241. The summed E-state index contributed by atoms with van der Waals surface area (Å²) in [7, 11) is 1.56. The van der Waals surface area contributed by atoms with E-state index in [9.17, 15) is 9.59 Å². The third-order valence-corrected chi connectivity index (χ3v) is 5.41. The minimum absolute atomic E-state index is 0.0839. The second-order valence-electron chi connectivity index (χ2n) is 7.85. The molecule has 0 bridgehead atoms. The van der Waals surface area contributed by atoms with Crippen molar-refractivity contribution in [3.05, 3.63) is 69.0 Å². The van der Waals surface area contributed by atoms with Crippen molar-refractivity contribution >= 4 is 16.8 Å². The molecule has 2 heterocycles. The first-order chi connectivity index (χ1) is 14.9. The highest BCUT2D eigenvalue weighted by Crippen LogP contribution is 2.33. The Bertz CT molecular complexity index is 1180. The Morgan fingerprint density at radius 3 is 2.71 bits per heavy atom.